The van der Waals surface area contributed by atoms with Gasteiger partial charge in [-0.2, -0.15) is 0 Å². The van der Waals surface area contributed by atoms with Gasteiger partial charge in [0.1, 0.15) is 0 Å². The van der Waals surface area contributed by atoms with Crippen molar-refractivity contribution in [1.82, 2.24) is 0 Å². The van der Waals surface area contributed by atoms with E-state index in [1.165, 1.54) is 0 Å². The average molecular weight is 82.0 g/mol. The SMILES string of the molecule is OO.[NaH].[NaH]. The third kappa shape index (κ3) is 9.07. The van der Waals surface area contributed by atoms with Crippen LogP contribution in [0.2, 0.25) is 0 Å². The van der Waals surface area contributed by atoms with Crippen LogP contribution >= 0.6 is 0 Å². The molecule has 0 bridgehead atoms. The Morgan fingerprint density at radius 3 is 0.750 bits per heavy atom. The molecule has 0 aromatic carbocycles. The summed E-state index contributed by atoms with van der Waals surface area (Å²) in [5, 5.41) is 12.0. The summed E-state index contributed by atoms with van der Waals surface area (Å²) in [5.74, 6) is 0. The number of hydrogen-bond donors (Lipinski definition) is 2. The van der Waals surface area contributed by atoms with Crippen LogP contribution < -0.4 is 0 Å². The first-order valence-electron chi connectivity index (χ1n) is 0.200. The van der Waals surface area contributed by atoms with Crippen molar-refractivity contribution in [1.29, 1.82) is 0 Å². The molecule has 4 heavy (non-hydrogen) atoms. The van der Waals surface area contributed by atoms with Crippen molar-refractivity contribution >= 4 is 59.1 Å². The first kappa shape index (κ1) is 16.8. The molecule has 2 N–H and O–H groups in total. The van der Waals surface area contributed by atoms with Gasteiger partial charge < -0.3 is 0 Å². The Hall–Kier alpha value is 1.92. The molecule has 0 heterocycles. The van der Waals surface area contributed by atoms with Crippen molar-refractivity contribution in [2.75, 3.05) is 0 Å². The zero-order valence-corrected chi connectivity index (χ0v) is 0.894. The number of hydrogen-bond acceptors (Lipinski definition) is 2. The van der Waals surface area contributed by atoms with Gasteiger partial charge in [-0.05, 0) is 0 Å². The summed E-state index contributed by atoms with van der Waals surface area (Å²) in [4.78, 5) is 0. The Morgan fingerprint density at radius 1 is 0.750 bits per heavy atom. The molecule has 0 unspecified atom stereocenters. The number of rotatable bonds is 0. The Balaban J connectivity index is -0.00000000500. The molecule has 0 amide bonds. The fourth-order valence-corrected chi connectivity index (χ4v) is 0. The molecular formula is H4Na2O2. The van der Waals surface area contributed by atoms with Crippen LogP contribution in [0.5, 0.6) is 0 Å². The van der Waals surface area contributed by atoms with Gasteiger partial charge in [-0.15, -0.1) is 0 Å². The van der Waals surface area contributed by atoms with Gasteiger partial charge in [-0.1, -0.05) is 0 Å². The summed E-state index contributed by atoms with van der Waals surface area (Å²) in [6.07, 6.45) is 0. The van der Waals surface area contributed by atoms with Gasteiger partial charge in [0.2, 0.25) is 0 Å². The van der Waals surface area contributed by atoms with Crippen LogP contribution in [0.15, 0.2) is 0 Å². The summed E-state index contributed by atoms with van der Waals surface area (Å²) in [7, 11) is 0. The zero-order chi connectivity index (χ0) is 2.00. The molecule has 18 valence electrons. The monoisotopic (exact) mass is 82.0 g/mol. The second kappa shape index (κ2) is 20.5. The maximum absolute atomic E-state index is 6.00. The molecule has 0 saturated carbocycles. The second-order valence-electron chi connectivity index (χ2n) is 0. The first-order chi connectivity index (χ1) is 1.00. The minimum absolute atomic E-state index is 0. The second-order valence-corrected chi connectivity index (χ2v) is 0. The van der Waals surface area contributed by atoms with Crippen LogP contribution in [0.4, 0.5) is 0 Å². The summed E-state index contributed by atoms with van der Waals surface area (Å²) < 4.78 is 0. The van der Waals surface area contributed by atoms with E-state index < -0.39 is 0 Å². The average Bonchev–Trinajstić information content (AvgIpc) is 1.00. The van der Waals surface area contributed by atoms with Crippen molar-refractivity contribution in [2.24, 2.45) is 0 Å². The van der Waals surface area contributed by atoms with Crippen LogP contribution in [-0.4, -0.2) is 69.6 Å². The third-order valence-electron chi connectivity index (χ3n) is 0. The van der Waals surface area contributed by atoms with E-state index in [0.29, 0.717) is 0 Å². The van der Waals surface area contributed by atoms with Gasteiger partial charge in [0, 0.05) is 0 Å². The quantitative estimate of drug-likeness (QED) is 0.217. The minimum atomic E-state index is 0. The fraction of sp³-hybridized carbons (Fsp3) is 0. The first-order valence-corrected chi connectivity index (χ1v) is 0.200. The molecule has 0 rings (SSSR count). The zero-order valence-electron chi connectivity index (χ0n) is 0.894. The van der Waals surface area contributed by atoms with E-state index in [4.69, 9.17) is 10.5 Å². The van der Waals surface area contributed by atoms with E-state index in [2.05, 4.69) is 0 Å². The van der Waals surface area contributed by atoms with Crippen LogP contribution in [0.25, 0.3) is 0 Å². The van der Waals surface area contributed by atoms with E-state index in [1.54, 1.807) is 0 Å². The van der Waals surface area contributed by atoms with Gasteiger partial charge in [-0.25, -0.2) is 0 Å². The summed E-state index contributed by atoms with van der Waals surface area (Å²) >= 11 is 0. The van der Waals surface area contributed by atoms with E-state index in [0.717, 1.165) is 0 Å². The van der Waals surface area contributed by atoms with Gasteiger partial charge in [0.05, 0.1) is 0 Å². The third-order valence-corrected chi connectivity index (χ3v) is 0. The molecule has 0 saturated heterocycles. The van der Waals surface area contributed by atoms with Crippen molar-refractivity contribution < 1.29 is 10.5 Å². The van der Waals surface area contributed by atoms with Gasteiger partial charge >= 0.3 is 59.1 Å². The Kier molecular flexibility index (Phi) is 86.2. The summed E-state index contributed by atoms with van der Waals surface area (Å²) in [6, 6.07) is 0. The van der Waals surface area contributed by atoms with Crippen LogP contribution in [0, 0.1) is 0 Å². The van der Waals surface area contributed by atoms with E-state index in [-0.39, 0.29) is 59.1 Å². The predicted octanol–water partition coefficient (Wildman–Crippen LogP) is -1.28. The molecule has 0 aromatic rings. The fourth-order valence-electron chi connectivity index (χ4n) is 0. The predicted molar refractivity (Wildman–Crippen MR) is 19.6 cm³/mol. The molecule has 0 spiro atoms. The normalized spacial score (nSPS) is 1.50. The molecule has 0 atom stereocenters. The summed E-state index contributed by atoms with van der Waals surface area (Å²) in [6.45, 7) is 0. The summed E-state index contributed by atoms with van der Waals surface area (Å²) in [5.41, 5.74) is 0. The van der Waals surface area contributed by atoms with Crippen molar-refractivity contribution in [3.05, 3.63) is 0 Å². The van der Waals surface area contributed by atoms with Crippen molar-refractivity contribution in [3.63, 3.8) is 0 Å². The molecular weight excluding hydrogens is 78.0 g/mol. The maximum atomic E-state index is 6.00. The van der Waals surface area contributed by atoms with E-state index in [1.807, 2.05) is 0 Å². The molecule has 0 fully saturated rings. The molecule has 0 aliphatic rings. The molecule has 0 aliphatic carbocycles. The Bertz CT molecular complexity index is 4.00. The van der Waals surface area contributed by atoms with Crippen molar-refractivity contribution in [3.8, 4) is 0 Å². The van der Waals surface area contributed by atoms with E-state index >= 15 is 0 Å². The molecule has 2 nitrogen and oxygen atoms in total. The van der Waals surface area contributed by atoms with Crippen LogP contribution in [0.1, 0.15) is 0 Å². The molecule has 0 radical (unpaired) electrons. The van der Waals surface area contributed by atoms with Crippen LogP contribution in [-0.2, 0) is 0 Å². The van der Waals surface area contributed by atoms with Crippen LogP contribution in [0.3, 0.4) is 0 Å². The molecule has 4 heteroatoms. The Morgan fingerprint density at radius 2 is 0.750 bits per heavy atom. The van der Waals surface area contributed by atoms with Gasteiger partial charge in [0.15, 0.2) is 0 Å². The Labute approximate surface area is 68.7 Å². The van der Waals surface area contributed by atoms with E-state index in [9.17, 15) is 0 Å². The van der Waals surface area contributed by atoms with Gasteiger partial charge in [-0.3, -0.25) is 10.5 Å². The van der Waals surface area contributed by atoms with Gasteiger partial charge in [0.25, 0.3) is 0 Å². The van der Waals surface area contributed by atoms with Crippen molar-refractivity contribution in [2.45, 2.75) is 0 Å². The molecule has 0 aromatic heterocycles. The molecule has 0 aliphatic heterocycles. The standard InChI is InChI=1S/2Na.H2O2.2H/c;;1-2;;/h;;1-2H;;. The topological polar surface area (TPSA) is 40.5 Å².